The molecular formula is C12H26. The van der Waals surface area contributed by atoms with Gasteiger partial charge in [-0.25, -0.2) is 0 Å². The highest BCUT2D eigenvalue weighted by Gasteiger charge is 2.16. The van der Waals surface area contributed by atoms with E-state index in [9.17, 15) is 0 Å². The van der Waals surface area contributed by atoms with E-state index in [1.54, 1.807) is 0 Å². The summed E-state index contributed by atoms with van der Waals surface area (Å²) >= 11 is 0. The van der Waals surface area contributed by atoms with Crippen LogP contribution in [0.25, 0.3) is 0 Å². The Bertz CT molecular complexity index is 96.2. The van der Waals surface area contributed by atoms with Crippen molar-refractivity contribution in [3.05, 3.63) is 0 Å². The van der Waals surface area contributed by atoms with Gasteiger partial charge in [0.05, 0.1) is 0 Å². The fraction of sp³-hybridized carbons (Fsp3) is 1.00. The summed E-state index contributed by atoms with van der Waals surface area (Å²) in [6.07, 6.45) is 5.50. The van der Waals surface area contributed by atoms with Crippen LogP contribution < -0.4 is 0 Å². The van der Waals surface area contributed by atoms with Crippen LogP contribution >= 0.6 is 0 Å². The van der Waals surface area contributed by atoms with Crippen molar-refractivity contribution >= 4 is 0 Å². The Labute approximate surface area is 78.8 Å². The van der Waals surface area contributed by atoms with Crippen molar-refractivity contribution < 1.29 is 0 Å². The van der Waals surface area contributed by atoms with Crippen molar-refractivity contribution in [3.63, 3.8) is 0 Å². The minimum Gasteiger partial charge on any atom is -0.0654 e. The molecule has 0 aromatic carbocycles. The van der Waals surface area contributed by atoms with Crippen LogP contribution in [0.15, 0.2) is 0 Å². The fourth-order valence-electron chi connectivity index (χ4n) is 1.72. The number of unbranched alkanes of at least 4 members (excludes halogenated alkanes) is 1. The van der Waals surface area contributed by atoms with Gasteiger partial charge in [-0.2, -0.15) is 0 Å². The van der Waals surface area contributed by atoms with E-state index in [1.807, 2.05) is 0 Å². The Morgan fingerprint density at radius 3 is 1.92 bits per heavy atom. The highest BCUT2D eigenvalue weighted by atomic mass is 14.2. The van der Waals surface area contributed by atoms with E-state index in [2.05, 4.69) is 34.6 Å². The van der Waals surface area contributed by atoms with E-state index in [-0.39, 0.29) is 0 Å². The number of rotatable bonds is 6. The Morgan fingerprint density at radius 2 is 1.50 bits per heavy atom. The third-order valence-electron chi connectivity index (χ3n) is 3.45. The molecule has 74 valence electrons. The summed E-state index contributed by atoms with van der Waals surface area (Å²) in [6, 6.07) is 0. The zero-order chi connectivity index (χ0) is 9.56. The minimum atomic E-state index is 0.900. The lowest BCUT2D eigenvalue weighted by molar-refractivity contribution is 0.256. The van der Waals surface area contributed by atoms with Crippen LogP contribution in [-0.4, -0.2) is 0 Å². The average Bonchev–Trinajstić information content (AvgIpc) is 2.11. The van der Waals surface area contributed by atoms with Gasteiger partial charge in [-0.3, -0.25) is 0 Å². The molecule has 3 atom stereocenters. The van der Waals surface area contributed by atoms with Gasteiger partial charge in [0.1, 0.15) is 0 Å². The van der Waals surface area contributed by atoms with E-state index in [4.69, 9.17) is 0 Å². The van der Waals surface area contributed by atoms with E-state index in [0.717, 1.165) is 17.8 Å². The van der Waals surface area contributed by atoms with Crippen LogP contribution in [0.2, 0.25) is 0 Å². The summed E-state index contributed by atoms with van der Waals surface area (Å²) in [5.74, 6) is 2.72. The topological polar surface area (TPSA) is 0 Å². The van der Waals surface area contributed by atoms with Crippen LogP contribution in [-0.2, 0) is 0 Å². The molecule has 0 heteroatoms. The molecule has 0 saturated heterocycles. The highest BCUT2D eigenvalue weighted by molar-refractivity contribution is 4.66. The summed E-state index contributed by atoms with van der Waals surface area (Å²) in [6.45, 7) is 11.8. The van der Waals surface area contributed by atoms with Crippen LogP contribution in [0.4, 0.5) is 0 Å². The lowest BCUT2D eigenvalue weighted by Crippen LogP contribution is -2.15. The molecule has 0 saturated carbocycles. The summed E-state index contributed by atoms with van der Waals surface area (Å²) < 4.78 is 0. The zero-order valence-electron chi connectivity index (χ0n) is 9.56. The second-order valence-electron chi connectivity index (χ2n) is 4.36. The molecule has 0 aliphatic heterocycles. The van der Waals surface area contributed by atoms with Gasteiger partial charge in [-0.1, -0.05) is 60.3 Å². The average molecular weight is 170 g/mol. The molecule has 0 fully saturated rings. The van der Waals surface area contributed by atoms with Gasteiger partial charge in [0.25, 0.3) is 0 Å². The van der Waals surface area contributed by atoms with Crippen LogP contribution in [0, 0.1) is 17.8 Å². The Morgan fingerprint density at radius 1 is 0.917 bits per heavy atom. The lowest BCUT2D eigenvalue weighted by atomic mass is 9.81. The molecule has 0 aliphatic carbocycles. The normalized spacial score (nSPS) is 18.8. The smallest absolute Gasteiger partial charge is 0.0391 e. The largest absolute Gasteiger partial charge is 0.0654 e. The summed E-state index contributed by atoms with van der Waals surface area (Å²) in [5.41, 5.74) is 0. The predicted octanol–water partition coefficient (Wildman–Crippen LogP) is 4.49. The van der Waals surface area contributed by atoms with Crippen molar-refractivity contribution in [1.82, 2.24) is 0 Å². The maximum atomic E-state index is 2.41. The molecule has 0 N–H and O–H groups in total. The van der Waals surface area contributed by atoms with Gasteiger partial charge < -0.3 is 0 Å². The summed E-state index contributed by atoms with van der Waals surface area (Å²) in [7, 11) is 0. The van der Waals surface area contributed by atoms with E-state index in [1.165, 1.54) is 25.7 Å². The molecule has 12 heavy (non-hydrogen) atoms. The molecule has 0 aliphatic rings. The zero-order valence-corrected chi connectivity index (χ0v) is 9.56. The van der Waals surface area contributed by atoms with Gasteiger partial charge in [0.15, 0.2) is 0 Å². The van der Waals surface area contributed by atoms with Crippen molar-refractivity contribution in [2.75, 3.05) is 0 Å². The standard InChI is InChI=1S/C12H26/c1-6-8-9-11(4)12(5)10(3)7-2/h10-12H,6-9H2,1-5H3/t10-,11+,12-/m0/s1. The fourth-order valence-corrected chi connectivity index (χ4v) is 1.72. The molecule has 0 aromatic rings. The number of hydrogen-bond donors (Lipinski definition) is 0. The van der Waals surface area contributed by atoms with Crippen LogP contribution in [0.1, 0.15) is 60.3 Å². The van der Waals surface area contributed by atoms with Gasteiger partial charge in [0, 0.05) is 0 Å². The first kappa shape index (κ1) is 12.0. The van der Waals surface area contributed by atoms with E-state index >= 15 is 0 Å². The van der Waals surface area contributed by atoms with Gasteiger partial charge >= 0.3 is 0 Å². The molecule has 0 nitrogen and oxygen atoms in total. The van der Waals surface area contributed by atoms with Crippen molar-refractivity contribution in [2.45, 2.75) is 60.3 Å². The van der Waals surface area contributed by atoms with Gasteiger partial charge in [-0.05, 0) is 17.8 Å². The second-order valence-corrected chi connectivity index (χ2v) is 4.36. The molecule has 0 bridgehead atoms. The van der Waals surface area contributed by atoms with Gasteiger partial charge in [0.2, 0.25) is 0 Å². The molecular weight excluding hydrogens is 144 g/mol. The summed E-state index contributed by atoms with van der Waals surface area (Å²) in [5, 5.41) is 0. The second kappa shape index (κ2) is 6.51. The molecule has 0 amide bonds. The summed E-state index contributed by atoms with van der Waals surface area (Å²) in [4.78, 5) is 0. The molecule has 0 spiro atoms. The molecule has 0 aromatic heterocycles. The SMILES string of the molecule is CCCC[C@@H](C)[C@@H](C)[C@@H](C)CC. The molecule has 0 unspecified atom stereocenters. The third-order valence-corrected chi connectivity index (χ3v) is 3.45. The van der Waals surface area contributed by atoms with Crippen molar-refractivity contribution in [2.24, 2.45) is 17.8 Å². The molecule has 0 rings (SSSR count). The first-order chi connectivity index (χ1) is 5.63. The van der Waals surface area contributed by atoms with E-state index < -0.39 is 0 Å². The predicted molar refractivity (Wildman–Crippen MR) is 57.3 cm³/mol. The number of hydrogen-bond acceptors (Lipinski definition) is 0. The lowest BCUT2D eigenvalue weighted by Gasteiger charge is -2.25. The van der Waals surface area contributed by atoms with Crippen molar-refractivity contribution in [3.8, 4) is 0 Å². The Kier molecular flexibility index (Phi) is 6.51. The minimum absolute atomic E-state index is 0.900. The Balaban J connectivity index is 3.67. The quantitative estimate of drug-likeness (QED) is 0.551. The maximum Gasteiger partial charge on any atom is -0.0391 e. The monoisotopic (exact) mass is 170 g/mol. The maximum absolute atomic E-state index is 2.41. The third kappa shape index (κ3) is 4.13. The van der Waals surface area contributed by atoms with Gasteiger partial charge in [-0.15, -0.1) is 0 Å². The van der Waals surface area contributed by atoms with Crippen LogP contribution in [0.3, 0.4) is 0 Å². The Hall–Kier alpha value is 0. The highest BCUT2D eigenvalue weighted by Crippen LogP contribution is 2.26. The first-order valence-corrected chi connectivity index (χ1v) is 5.63. The molecule has 0 heterocycles. The first-order valence-electron chi connectivity index (χ1n) is 5.63. The van der Waals surface area contributed by atoms with Crippen LogP contribution in [0.5, 0.6) is 0 Å². The van der Waals surface area contributed by atoms with E-state index in [0.29, 0.717) is 0 Å². The van der Waals surface area contributed by atoms with Crippen molar-refractivity contribution in [1.29, 1.82) is 0 Å². The molecule has 0 radical (unpaired) electrons.